The van der Waals surface area contributed by atoms with Gasteiger partial charge in [0, 0.05) is 0 Å². The summed E-state index contributed by atoms with van der Waals surface area (Å²) in [6.45, 7) is 14.0. The third kappa shape index (κ3) is 5.70. The zero-order valence-electron chi connectivity index (χ0n) is 23.9. The Bertz CT molecular complexity index is 1520. The minimum atomic E-state index is -0.826. The molecule has 0 saturated carbocycles. The van der Waals surface area contributed by atoms with Crippen LogP contribution in [-0.2, 0) is 50.9 Å². The third-order valence-corrected chi connectivity index (χ3v) is 8.27. The van der Waals surface area contributed by atoms with E-state index in [2.05, 4.69) is 121 Å². The van der Waals surface area contributed by atoms with Crippen molar-refractivity contribution in [3.8, 4) is 22.3 Å². The molecule has 2 aliphatic carbocycles. The Morgan fingerprint density at radius 1 is 0.667 bits per heavy atom. The third-order valence-electron chi connectivity index (χ3n) is 8.27. The van der Waals surface area contributed by atoms with Crippen molar-refractivity contribution >= 4 is 17.0 Å². The van der Waals surface area contributed by atoms with E-state index in [1.54, 1.807) is 0 Å². The molecule has 0 aromatic heterocycles. The standard InChI is InChI=1S/C36H37.2ClH.Zr/c1-35(2,3)26-15-17-28-25(20-26)22-33-30(28)18-19-34(36(4,5)6)31(33)16-14-23-11-9-13-29-27-12-8-7-10-24(27)21-32(23)29;;;/h7-13,15-20H,14,21-22H2,1-6H3;2*1H;/q-1;;;+2/p-2. The molecule has 0 spiro atoms. The van der Waals surface area contributed by atoms with Crippen molar-refractivity contribution in [2.75, 3.05) is 0 Å². The van der Waals surface area contributed by atoms with Gasteiger partial charge in [0.1, 0.15) is 0 Å². The molecule has 0 bridgehead atoms. The van der Waals surface area contributed by atoms with Gasteiger partial charge in [-0.1, -0.05) is 131 Å². The Kier molecular flexibility index (Phi) is 8.28. The van der Waals surface area contributed by atoms with Crippen LogP contribution in [0.25, 0.3) is 22.3 Å². The summed E-state index contributed by atoms with van der Waals surface area (Å²) in [5.41, 5.74) is 17.7. The van der Waals surface area contributed by atoms with E-state index in [-0.39, 0.29) is 10.8 Å². The Balaban J connectivity index is 0.000000983. The maximum atomic E-state index is 4.93. The molecule has 4 aromatic rings. The zero-order chi connectivity index (χ0) is 27.9. The first-order valence-corrected chi connectivity index (χ1v) is 20.1. The molecule has 0 nitrogen and oxygen atoms in total. The molecule has 0 heterocycles. The first kappa shape index (κ1) is 28.7. The summed E-state index contributed by atoms with van der Waals surface area (Å²) < 4.78 is 0. The van der Waals surface area contributed by atoms with Gasteiger partial charge >= 0.3 is 37.9 Å². The molecule has 4 aromatic carbocycles. The predicted octanol–water partition coefficient (Wildman–Crippen LogP) is 10.6. The van der Waals surface area contributed by atoms with Gasteiger partial charge in [-0.3, -0.25) is 0 Å². The van der Waals surface area contributed by atoms with Crippen LogP contribution in [0.1, 0.15) is 86.1 Å². The van der Waals surface area contributed by atoms with Crippen LogP contribution >= 0.6 is 17.0 Å². The van der Waals surface area contributed by atoms with E-state index in [1.165, 1.54) is 66.8 Å². The van der Waals surface area contributed by atoms with Crippen LogP contribution in [-0.4, -0.2) is 0 Å². The van der Waals surface area contributed by atoms with E-state index in [0.717, 1.165) is 19.3 Å². The summed E-state index contributed by atoms with van der Waals surface area (Å²) in [5, 5.41) is 0. The molecular weight excluding hydrogens is 595 g/mol. The van der Waals surface area contributed by atoms with Crippen LogP contribution in [0.15, 0.2) is 72.8 Å². The van der Waals surface area contributed by atoms with Gasteiger partial charge in [0.15, 0.2) is 0 Å². The van der Waals surface area contributed by atoms with Gasteiger partial charge in [0.2, 0.25) is 0 Å². The zero-order valence-corrected chi connectivity index (χ0v) is 27.9. The maximum absolute atomic E-state index is 4.93. The van der Waals surface area contributed by atoms with E-state index >= 15 is 0 Å². The molecule has 3 heteroatoms. The number of halogens is 2. The van der Waals surface area contributed by atoms with Gasteiger partial charge in [-0.05, 0) is 57.2 Å². The molecule has 39 heavy (non-hydrogen) atoms. The molecule has 0 saturated heterocycles. The average molecular weight is 632 g/mol. The molecule has 0 fully saturated rings. The topological polar surface area (TPSA) is 0 Å². The molecule has 0 aliphatic heterocycles. The second-order valence-corrected chi connectivity index (χ2v) is 16.6. The SMILES string of the molecule is CC(C)(C)c1ccc2c(c1)Cc1c-2ccc(C(C)(C)C)c1[CH-]Cc1cccc2c1Cc1ccccc1-2.[Cl][Zr][Cl]. The summed E-state index contributed by atoms with van der Waals surface area (Å²) in [5.74, 6) is 0. The summed E-state index contributed by atoms with van der Waals surface area (Å²) in [6, 6.07) is 27.7. The van der Waals surface area contributed by atoms with Gasteiger partial charge in [-0.15, -0.1) is 17.2 Å². The van der Waals surface area contributed by atoms with Crippen molar-refractivity contribution in [3.05, 3.63) is 124 Å². The number of benzene rings is 4. The molecular formula is C36H37Cl2Zr-. The van der Waals surface area contributed by atoms with Crippen LogP contribution in [0.3, 0.4) is 0 Å². The predicted molar refractivity (Wildman–Crippen MR) is 166 cm³/mol. The Morgan fingerprint density at radius 3 is 2.00 bits per heavy atom. The second kappa shape index (κ2) is 11.2. The summed E-state index contributed by atoms with van der Waals surface area (Å²) in [7, 11) is 9.87. The molecule has 0 unspecified atom stereocenters. The summed E-state index contributed by atoms with van der Waals surface area (Å²) >= 11 is -0.826. The Labute approximate surface area is 253 Å². The monoisotopic (exact) mass is 629 g/mol. The van der Waals surface area contributed by atoms with Crippen molar-refractivity contribution in [2.24, 2.45) is 0 Å². The number of hydrogen-bond acceptors (Lipinski definition) is 0. The number of hydrogen-bond donors (Lipinski definition) is 0. The Morgan fingerprint density at radius 2 is 1.28 bits per heavy atom. The fourth-order valence-corrected chi connectivity index (χ4v) is 6.28. The molecule has 0 atom stereocenters. The van der Waals surface area contributed by atoms with Gasteiger partial charge in [-0.25, -0.2) is 0 Å². The molecule has 6 rings (SSSR count). The van der Waals surface area contributed by atoms with Gasteiger partial charge in [-0.2, -0.15) is 12.0 Å². The summed E-state index contributed by atoms with van der Waals surface area (Å²) in [6.07, 6.45) is 5.59. The quantitative estimate of drug-likeness (QED) is 0.171. The van der Waals surface area contributed by atoms with Crippen LogP contribution in [0.2, 0.25) is 0 Å². The van der Waals surface area contributed by atoms with Gasteiger partial charge < -0.3 is 0 Å². The first-order valence-electron chi connectivity index (χ1n) is 13.8. The van der Waals surface area contributed by atoms with Gasteiger partial charge in [0.25, 0.3) is 0 Å². The van der Waals surface area contributed by atoms with E-state index < -0.39 is 20.8 Å². The molecule has 0 N–H and O–H groups in total. The van der Waals surface area contributed by atoms with Crippen molar-refractivity contribution in [2.45, 2.75) is 71.6 Å². The van der Waals surface area contributed by atoms with Crippen LogP contribution in [0, 0.1) is 6.42 Å². The van der Waals surface area contributed by atoms with E-state index in [9.17, 15) is 0 Å². The van der Waals surface area contributed by atoms with Crippen LogP contribution in [0.5, 0.6) is 0 Å². The fraction of sp³-hybridized carbons (Fsp3) is 0.306. The van der Waals surface area contributed by atoms with Gasteiger partial charge in [0.05, 0.1) is 0 Å². The molecule has 0 amide bonds. The Hall–Kier alpha value is -1.79. The van der Waals surface area contributed by atoms with E-state index in [0.29, 0.717) is 0 Å². The average Bonchev–Trinajstić information content (AvgIpc) is 3.45. The normalized spacial score (nSPS) is 13.0. The molecule has 0 radical (unpaired) electrons. The van der Waals surface area contributed by atoms with Crippen LogP contribution < -0.4 is 0 Å². The molecule has 2 aliphatic rings. The van der Waals surface area contributed by atoms with Crippen LogP contribution in [0.4, 0.5) is 0 Å². The van der Waals surface area contributed by atoms with Crippen molar-refractivity contribution in [1.29, 1.82) is 0 Å². The van der Waals surface area contributed by atoms with Crippen molar-refractivity contribution in [1.82, 2.24) is 0 Å². The van der Waals surface area contributed by atoms with E-state index in [1.807, 2.05) is 0 Å². The number of rotatable bonds is 3. The van der Waals surface area contributed by atoms with Crippen molar-refractivity contribution < 1.29 is 20.8 Å². The number of fused-ring (bicyclic) bond motifs is 6. The van der Waals surface area contributed by atoms with Crippen molar-refractivity contribution in [3.63, 3.8) is 0 Å². The fourth-order valence-electron chi connectivity index (χ4n) is 6.28. The minimum absolute atomic E-state index is 0.0983. The first-order chi connectivity index (χ1) is 18.5. The summed E-state index contributed by atoms with van der Waals surface area (Å²) in [4.78, 5) is 0. The molecule has 200 valence electrons. The van der Waals surface area contributed by atoms with E-state index in [4.69, 9.17) is 17.0 Å². The second-order valence-electron chi connectivity index (χ2n) is 12.9.